The molecule has 2 N–H and O–H groups in total. The minimum absolute atomic E-state index is 0.478. The number of nitrogens with zero attached hydrogens (tertiary/aromatic N) is 1. The summed E-state index contributed by atoms with van der Waals surface area (Å²) in [5, 5.41) is 2.45. The largest absolute Gasteiger partial charge is 0.324 e. The zero-order valence-corrected chi connectivity index (χ0v) is 6.24. The van der Waals surface area contributed by atoms with Crippen molar-refractivity contribution in [3.8, 4) is 0 Å². The van der Waals surface area contributed by atoms with Gasteiger partial charge in [-0.3, -0.25) is 10.1 Å². The van der Waals surface area contributed by atoms with Crippen LogP contribution in [0.3, 0.4) is 0 Å². The molecule has 1 aromatic heterocycles. The first-order valence-corrected chi connectivity index (χ1v) is 3.55. The molecule has 4 nitrogen and oxygen atoms in total. The SMILES string of the molecule is O=CNc1nc2ccccc2[nH]1. The van der Waals surface area contributed by atoms with Crippen LogP contribution in [-0.4, -0.2) is 16.4 Å². The maximum atomic E-state index is 10.1. The summed E-state index contributed by atoms with van der Waals surface area (Å²) in [5.41, 5.74) is 1.77. The van der Waals surface area contributed by atoms with E-state index in [1.54, 1.807) is 0 Å². The lowest BCUT2D eigenvalue weighted by Crippen LogP contribution is -1.94. The number of rotatable bonds is 2. The monoisotopic (exact) mass is 161 g/mol. The third kappa shape index (κ3) is 1.03. The molecule has 0 saturated carbocycles. The van der Waals surface area contributed by atoms with E-state index < -0.39 is 0 Å². The van der Waals surface area contributed by atoms with Crippen molar-refractivity contribution in [1.29, 1.82) is 0 Å². The minimum atomic E-state index is 0.478. The molecule has 1 aromatic carbocycles. The van der Waals surface area contributed by atoms with E-state index in [1.807, 2.05) is 24.3 Å². The number of hydrogen-bond donors (Lipinski definition) is 2. The molecule has 2 aromatic rings. The predicted molar refractivity (Wildman–Crippen MR) is 45.8 cm³/mol. The highest BCUT2D eigenvalue weighted by Gasteiger charge is 1.98. The van der Waals surface area contributed by atoms with Gasteiger partial charge < -0.3 is 4.98 Å². The Morgan fingerprint density at radius 2 is 2.25 bits per heavy atom. The Balaban J connectivity index is 2.54. The summed E-state index contributed by atoms with van der Waals surface area (Å²) in [4.78, 5) is 17.1. The third-order valence-corrected chi connectivity index (χ3v) is 1.59. The molecule has 0 fully saturated rings. The van der Waals surface area contributed by atoms with Gasteiger partial charge in [0.05, 0.1) is 11.0 Å². The lowest BCUT2D eigenvalue weighted by atomic mass is 10.3. The van der Waals surface area contributed by atoms with Crippen molar-refractivity contribution in [1.82, 2.24) is 9.97 Å². The topological polar surface area (TPSA) is 57.8 Å². The Morgan fingerprint density at radius 3 is 3.00 bits per heavy atom. The average molecular weight is 161 g/mol. The zero-order chi connectivity index (χ0) is 8.39. The maximum Gasteiger partial charge on any atom is 0.213 e. The second-order valence-corrected chi connectivity index (χ2v) is 2.36. The summed E-state index contributed by atoms with van der Waals surface area (Å²) in [5.74, 6) is 0.478. The molecular weight excluding hydrogens is 154 g/mol. The number of hydrogen-bond acceptors (Lipinski definition) is 2. The molecule has 1 amide bonds. The van der Waals surface area contributed by atoms with Gasteiger partial charge in [-0.1, -0.05) is 12.1 Å². The molecule has 2 rings (SSSR count). The van der Waals surface area contributed by atoms with Gasteiger partial charge in [-0.05, 0) is 12.1 Å². The molecule has 1 heterocycles. The summed E-state index contributed by atoms with van der Waals surface area (Å²) in [6, 6.07) is 7.58. The fraction of sp³-hybridized carbons (Fsp3) is 0. The summed E-state index contributed by atoms with van der Waals surface area (Å²) in [7, 11) is 0. The molecule has 0 bridgehead atoms. The first-order chi connectivity index (χ1) is 5.90. The van der Waals surface area contributed by atoms with Gasteiger partial charge in [-0.15, -0.1) is 0 Å². The lowest BCUT2D eigenvalue weighted by molar-refractivity contribution is -0.105. The van der Waals surface area contributed by atoms with Crippen LogP contribution in [0.1, 0.15) is 0 Å². The van der Waals surface area contributed by atoms with Crippen LogP contribution in [0.2, 0.25) is 0 Å². The van der Waals surface area contributed by atoms with Gasteiger partial charge in [0, 0.05) is 0 Å². The number of carbonyl (C=O) groups is 1. The number of aromatic nitrogens is 2. The van der Waals surface area contributed by atoms with Crippen LogP contribution < -0.4 is 5.32 Å². The first-order valence-electron chi connectivity index (χ1n) is 3.55. The molecule has 4 heteroatoms. The summed E-state index contributed by atoms with van der Waals surface area (Å²) >= 11 is 0. The van der Waals surface area contributed by atoms with Gasteiger partial charge in [-0.2, -0.15) is 0 Å². The fourth-order valence-electron chi connectivity index (χ4n) is 1.08. The van der Waals surface area contributed by atoms with Gasteiger partial charge in [0.1, 0.15) is 0 Å². The number of aromatic amines is 1. The van der Waals surface area contributed by atoms with E-state index in [1.165, 1.54) is 0 Å². The second kappa shape index (κ2) is 2.65. The number of anilines is 1. The van der Waals surface area contributed by atoms with E-state index in [0.29, 0.717) is 12.4 Å². The van der Waals surface area contributed by atoms with Crippen LogP contribution in [0.15, 0.2) is 24.3 Å². The van der Waals surface area contributed by atoms with Crippen molar-refractivity contribution >= 4 is 23.4 Å². The van der Waals surface area contributed by atoms with Crippen molar-refractivity contribution < 1.29 is 4.79 Å². The first kappa shape index (κ1) is 6.84. The Labute approximate surface area is 68.6 Å². The second-order valence-electron chi connectivity index (χ2n) is 2.36. The van der Waals surface area contributed by atoms with Crippen LogP contribution in [0.25, 0.3) is 11.0 Å². The smallest absolute Gasteiger partial charge is 0.213 e. The van der Waals surface area contributed by atoms with Gasteiger partial charge in [0.2, 0.25) is 12.4 Å². The van der Waals surface area contributed by atoms with Crippen LogP contribution in [0, 0.1) is 0 Å². The minimum Gasteiger partial charge on any atom is -0.324 e. The number of nitrogens with one attached hydrogen (secondary N) is 2. The van der Waals surface area contributed by atoms with Crippen LogP contribution in [0.4, 0.5) is 5.95 Å². The van der Waals surface area contributed by atoms with E-state index in [0.717, 1.165) is 11.0 Å². The van der Waals surface area contributed by atoms with Crippen molar-refractivity contribution in [2.45, 2.75) is 0 Å². The molecule has 0 radical (unpaired) electrons. The van der Waals surface area contributed by atoms with E-state index >= 15 is 0 Å². The van der Waals surface area contributed by atoms with Gasteiger partial charge in [-0.25, -0.2) is 4.98 Å². The summed E-state index contributed by atoms with van der Waals surface area (Å²) < 4.78 is 0. The molecule has 0 aliphatic carbocycles. The molecule has 0 aliphatic heterocycles. The zero-order valence-electron chi connectivity index (χ0n) is 6.24. The van der Waals surface area contributed by atoms with Gasteiger partial charge in [0.25, 0.3) is 0 Å². The molecular formula is C8H7N3O. The van der Waals surface area contributed by atoms with Crippen molar-refractivity contribution in [3.05, 3.63) is 24.3 Å². The maximum absolute atomic E-state index is 10.1. The van der Waals surface area contributed by atoms with Crippen molar-refractivity contribution in [2.24, 2.45) is 0 Å². The number of fused-ring (bicyclic) bond motifs is 1. The Kier molecular flexibility index (Phi) is 1.51. The van der Waals surface area contributed by atoms with Gasteiger partial charge in [0.15, 0.2) is 0 Å². The third-order valence-electron chi connectivity index (χ3n) is 1.59. The Hall–Kier alpha value is -1.84. The van der Waals surface area contributed by atoms with Crippen LogP contribution >= 0.6 is 0 Å². The number of imidazole rings is 1. The lowest BCUT2D eigenvalue weighted by Gasteiger charge is -1.85. The predicted octanol–water partition coefficient (Wildman–Crippen LogP) is 1.13. The van der Waals surface area contributed by atoms with Gasteiger partial charge >= 0.3 is 0 Å². The molecule has 0 saturated heterocycles. The standard InChI is InChI=1S/C8H7N3O/c12-5-9-8-10-6-3-1-2-4-7(6)11-8/h1-5H,(H2,9,10,11,12). The van der Waals surface area contributed by atoms with E-state index in [2.05, 4.69) is 15.3 Å². The number of benzene rings is 1. The average Bonchev–Trinajstić information content (AvgIpc) is 2.47. The molecule has 0 spiro atoms. The van der Waals surface area contributed by atoms with Crippen molar-refractivity contribution in [3.63, 3.8) is 0 Å². The highest BCUT2D eigenvalue weighted by atomic mass is 16.1. The van der Waals surface area contributed by atoms with Crippen molar-refractivity contribution in [2.75, 3.05) is 5.32 Å². The molecule has 12 heavy (non-hydrogen) atoms. The molecule has 0 unspecified atom stereocenters. The highest BCUT2D eigenvalue weighted by Crippen LogP contribution is 2.12. The quantitative estimate of drug-likeness (QED) is 0.648. The van der Waals surface area contributed by atoms with E-state index in [4.69, 9.17) is 0 Å². The number of H-pyrrole nitrogens is 1. The molecule has 0 atom stereocenters. The summed E-state index contributed by atoms with van der Waals surface area (Å²) in [6.45, 7) is 0. The highest BCUT2D eigenvalue weighted by molar-refractivity contribution is 5.80. The fourth-order valence-corrected chi connectivity index (χ4v) is 1.08. The van der Waals surface area contributed by atoms with Crippen LogP contribution in [0.5, 0.6) is 0 Å². The number of amides is 1. The number of para-hydroxylation sites is 2. The van der Waals surface area contributed by atoms with E-state index in [-0.39, 0.29) is 0 Å². The summed E-state index contributed by atoms with van der Waals surface area (Å²) in [6.07, 6.45) is 0.595. The van der Waals surface area contributed by atoms with Crippen LogP contribution in [-0.2, 0) is 4.79 Å². The number of carbonyl (C=O) groups excluding carboxylic acids is 1. The molecule has 0 aliphatic rings. The van der Waals surface area contributed by atoms with E-state index in [9.17, 15) is 4.79 Å². The molecule has 60 valence electrons. The Bertz CT molecular complexity index is 374. The normalized spacial score (nSPS) is 10.0. The Morgan fingerprint density at radius 1 is 1.42 bits per heavy atom.